The molecule has 0 aliphatic rings. The van der Waals surface area contributed by atoms with Crippen LogP contribution < -0.4 is 5.32 Å². The number of rotatable bonds is 6. The first-order chi connectivity index (χ1) is 8.00. The Morgan fingerprint density at radius 2 is 2.24 bits per heavy atom. The summed E-state index contributed by atoms with van der Waals surface area (Å²) in [5, 5.41) is 3.93. The Hall–Kier alpha value is -0.320. The maximum absolute atomic E-state index is 5.83. The van der Waals surface area contributed by atoms with Crippen LogP contribution in [-0.4, -0.2) is 36.1 Å². The van der Waals surface area contributed by atoms with Gasteiger partial charge >= 0.3 is 0 Å². The second kappa shape index (κ2) is 7.19. The van der Waals surface area contributed by atoms with Crippen LogP contribution in [0, 0.1) is 0 Å². The predicted octanol–water partition coefficient (Wildman–Crippen LogP) is 3.64. The van der Waals surface area contributed by atoms with E-state index in [1.807, 2.05) is 6.07 Å². The van der Waals surface area contributed by atoms with E-state index in [-0.39, 0.29) is 0 Å². The van der Waals surface area contributed by atoms with E-state index >= 15 is 0 Å². The molecule has 0 bridgehead atoms. The number of anilines is 1. The maximum atomic E-state index is 5.83. The van der Waals surface area contributed by atoms with Gasteiger partial charge in [0, 0.05) is 18.8 Å². The molecular formula is C12H19BrClN3. The van der Waals surface area contributed by atoms with Crippen LogP contribution in [0.3, 0.4) is 0 Å². The van der Waals surface area contributed by atoms with Gasteiger partial charge < -0.3 is 10.2 Å². The number of aromatic nitrogens is 1. The average Bonchev–Trinajstić information content (AvgIpc) is 2.26. The zero-order chi connectivity index (χ0) is 12.8. The molecule has 0 unspecified atom stereocenters. The van der Waals surface area contributed by atoms with E-state index in [0.29, 0.717) is 11.1 Å². The summed E-state index contributed by atoms with van der Waals surface area (Å²) in [7, 11) is 2.14. The lowest BCUT2D eigenvalue weighted by Crippen LogP contribution is -2.28. The van der Waals surface area contributed by atoms with Crippen molar-refractivity contribution >= 4 is 33.3 Å². The number of hydrogen-bond acceptors (Lipinski definition) is 3. The monoisotopic (exact) mass is 319 g/mol. The fourth-order valence-electron chi connectivity index (χ4n) is 1.34. The Bertz CT molecular complexity index is 358. The van der Waals surface area contributed by atoms with Gasteiger partial charge in [0.25, 0.3) is 0 Å². The van der Waals surface area contributed by atoms with E-state index in [0.717, 1.165) is 29.8 Å². The van der Waals surface area contributed by atoms with Crippen molar-refractivity contribution in [1.29, 1.82) is 0 Å². The molecule has 1 aromatic heterocycles. The molecule has 5 heteroatoms. The quantitative estimate of drug-likeness (QED) is 0.811. The van der Waals surface area contributed by atoms with Crippen molar-refractivity contribution in [3.05, 3.63) is 21.8 Å². The Labute approximate surface area is 117 Å². The molecular weight excluding hydrogens is 302 g/mol. The zero-order valence-corrected chi connectivity index (χ0v) is 12.8. The second-order valence-corrected chi connectivity index (χ2v) is 5.63. The van der Waals surface area contributed by atoms with Gasteiger partial charge in [-0.2, -0.15) is 0 Å². The molecule has 0 aliphatic carbocycles. The lowest BCUT2D eigenvalue weighted by Gasteiger charge is -2.20. The largest absolute Gasteiger partial charge is 0.369 e. The summed E-state index contributed by atoms with van der Waals surface area (Å²) in [6.45, 7) is 6.38. The molecule has 0 aromatic carbocycles. The summed E-state index contributed by atoms with van der Waals surface area (Å²) in [4.78, 5) is 6.55. The van der Waals surface area contributed by atoms with Gasteiger partial charge in [0.1, 0.15) is 5.82 Å². The van der Waals surface area contributed by atoms with E-state index < -0.39 is 0 Å². The van der Waals surface area contributed by atoms with Crippen molar-refractivity contribution in [2.45, 2.75) is 26.3 Å². The van der Waals surface area contributed by atoms with Crippen molar-refractivity contribution < 1.29 is 0 Å². The molecule has 1 heterocycles. The minimum Gasteiger partial charge on any atom is -0.369 e. The second-order valence-electron chi connectivity index (χ2n) is 4.34. The molecule has 0 saturated carbocycles. The van der Waals surface area contributed by atoms with Crippen LogP contribution in [0.2, 0.25) is 5.02 Å². The Morgan fingerprint density at radius 3 is 2.82 bits per heavy atom. The Balaban J connectivity index is 2.31. The van der Waals surface area contributed by atoms with Gasteiger partial charge in [-0.25, -0.2) is 4.98 Å². The van der Waals surface area contributed by atoms with Gasteiger partial charge in [0.2, 0.25) is 0 Å². The van der Waals surface area contributed by atoms with Crippen LogP contribution in [0.4, 0.5) is 5.82 Å². The van der Waals surface area contributed by atoms with Crippen LogP contribution in [0.5, 0.6) is 0 Å². The van der Waals surface area contributed by atoms with E-state index in [1.165, 1.54) is 0 Å². The molecule has 0 fully saturated rings. The first kappa shape index (κ1) is 14.7. The maximum Gasteiger partial charge on any atom is 0.140 e. The smallest absolute Gasteiger partial charge is 0.140 e. The first-order valence-corrected chi connectivity index (χ1v) is 6.93. The van der Waals surface area contributed by atoms with Crippen LogP contribution >= 0.6 is 27.5 Å². The lowest BCUT2D eigenvalue weighted by atomic mass is 10.3. The normalized spacial score (nSPS) is 11.2. The molecule has 1 rings (SSSR count). The number of nitrogens with one attached hydrogen (secondary N) is 1. The van der Waals surface area contributed by atoms with Crippen LogP contribution in [0.15, 0.2) is 16.7 Å². The highest BCUT2D eigenvalue weighted by molar-refractivity contribution is 9.10. The van der Waals surface area contributed by atoms with Gasteiger partial charge in [-0.1, -0.05) is 11.6 Å². The molecule has 1 N–H and O–H groups in total. The fourth-order valence-corrected chi connectivity index (χ4v) is 2.12. The molecule has 0 aliphatic heterocycles. The highest BCUT2D eigenvalue weighted by atomic mass is 79.9. The number of pyridine rings is 1. The number of nitrogens with zero attached hydrogens (tertiary/aromatic N) is 2. The minimum absolute atomic E-state index is 0.593. The Kier molecular flexibility index (Phi) is 6.23. The van der Waals surface area contributed by atoms with Gasteiger partial charge in [0.05, 0.1) is 9.50 Å². The minimum atomic E-state index is 0.593. The van der Waals surface area contributed by atoms with E-state index in [1.54, 1.807) is 6.20 Å². The SMILES string of the molecule is CC(C)N(C)CCCNc1ncc(Cl)cc1Br. The summed E-state index contributed by atoms with van der Waals surface area (Å²) in [5.74, 6) is 0.849. The highest BCUT2D eigenvalue weighted by Gasteiger charge is 2.04. The van der Waals surface area contributed by atoms with Crippen LogP contribution in [0.1, 0.15) is 20.3 Å². The standard InChI is InChI=1S/C12H19BrClN3/c1-9(2)17(3)6-4-5-15-12-11(13)7-10(14)8-16-12/h7-9H,4-6H2,1-3H3,(H,15,16). The number of hydrogen-bond donors (Lipinski definition) is 1. The molecule has 0 amide bonds. The van der Waals surface area contributed by atoms with Gasteiger partial charge in [-0.05, 0) is 55.9 Å². The molecule has 0 atom stereocenters. The third-order valence-electron chi connectivity index (χ3n) is 2.67. The predicted molar refractivity (Wildman–Crippen MR) is 77.8 cm³/mol. The van der Waals surface area contributed by atoms with Crippen molar-refractivity contribution in [2.24, 2.45) is 0 Å². The first-order valence-electron chi connectivity index (χ1n) is 5.76. The van der Waals surface area contributed by atoms with Crippen molar-refractivity contribution in [3.8, 4) is 0 Å². The van der Waals surface area contributed by atoms with E-state index in [9.17, 15) is 0 Å². The van der Waals surface area contributed by atoms with Gasteiger partial charge in [-0.3, -0.25) is 0 Å². The average molecular weight is 321 g/mol. The van der Waals surface area contributed by atoms with Gasteiger partial charge in [-0.15, -0.1) is 0 Å². The molecule has 96 valence electrons. The number of halogens is 2. The summed E-state index contributed by atoms with van der Waals surface area (Å²) in [5.41, 5.74) is 0. The lowest BCUT2D eigenvalue weighted by molar-refractivity contribution is 0.273. The molecule has 3 nitrogen and oxygen atoms in total. The van der Waals surface area contributed by atoms with E-state index in [2.05, 4.69) is 52.0 Å². The fraction of sp³-hybridized carbons (Fsp3) is 0.583. The third-order valence-corrected chi connectivity index (χ3v) is 3.48. The molecule has 0 spiro atoms. The molecule has 0 radical (unpaired) electrons. The van der Waals surface area contributed by atoms with Crippen molar-refractivity contribution in [2.75, 3.05) is 25.5 Å². The van der Waals surface area contributed by atoms with Gasteiger partial charge in [0.15, 0.2) is 0 Å². The zero-order valence-electron chi connectivity index (χ0n) is 10.5. The van der Waals surface area contributed by atoms with Crippen LogP contribution in [0.25, 0.3) is 0 Å². The summed E-state index contributed by atoms with van der Waals surface area (Å²) < 4.78 is 0.905. The van der Waals surface area contributed by atoms with Crippen molar-refractivity contribution in [3.63, 3.8) is 0 Å². The highest BCUT2D eigenvalue weighted by Crippen LogP contribution is 2.22. The molecule has 0 saturated heterocycles. The Morgan fingerprint density at radius 1 is 1.53 bits per heavy atom. The summed E-state index contributed by atoms with van der Waals surface area (Å²) in [6, 6.07) is 2.44. The van der Waals surface area contributed by atoms with Crippen LogP contribution in [-0.2, 0) is 0 Å². The van der Waals surface area contributed by atoms with Crippen molar-refractivity contribution in [1.82, 2.24) is 9.88 Å². The molecule has 17 heavy (non-hydrogen) atoms. The summed E-state index contributed by atoms with van der Waals surface area (Å²) in [6.07, 6.45) is 2.74. The van der Waals surface area contributed by atoms with E-state index in [4.69, 9.17) is 11.6 Å². The summed E-state index contributed by atoms with van der Waals surface area (Å²) >= 11 is 9.26. The topological polar surface area (TPSA) is 28.2 Å². The third kappa shape index (κ3) is 5.23. The molecule has 1 aromatic rings.